The van der Waals surface area contributed by atoms with Crippen molar-refractivity contribution in [3.63, 3.8) is 0 Å². The number of halogens is 1. The number of benzene rings is 1. The summed E-state index contributed by atoms with van der Waals surface area (Å²) in [6, 6.07) is 4.86. The number of likely N-dealkylation sites (N-methyl/N-ethyl adjacent to an activating group) is 1. The fourth-order valence-corrected chi connectivity index (χ4v) is 4.29. The van der Waals surface area contributed by atoms with E-state index in [1.807, 2.05) is 4.90 Å². The van der Waals surface area contributed by atoms with E-state index in [2.05, 4.69) is 11.9 Å². The first-order chi connectivity index (χ1) is 12.0. The van der Waals surface area contributed by atoms with E-state index < -0.39 is 5.82 Å². The molecule has 2 aliphatic rings. The maximum absolute atomic E-state index is 13.9. The summed E-state index contributed by atoms with van der Waals surface area (Å²) in [5, 5.41) is 0. The summed E-state index contributed by atoms with van der Waals surface area (Å²) in [6.45, 7) is 2.17. The molecule has 0 aromatic heterocycles. The van der Waals surface area contributed by atoms with Crippen LogP contribution in [0.5, 0.6) is 5.75 Å². The van der Waals surface area contributed by atoms with Crippen LogP contribution in [0.1, 0.15) is 36.0 Å². The minimum Gasteiger partial charge on any atom is -0.494 e. The summed E-state index contributed by atoms with van der Waals surface area (Å²) in [4.78, 5) is 17.0. The lowest BCUT2D eigenvalue weighted by atomic mass is 9.85. The number of rotatable bonds is 4. The van der Waals surface area contributed by atoms with Crippen LogP contribution in [0.2, 0.25) is 0 Å². The molecule has 0 aliphatic carbocycles. The van der Waals surface area contributed by atoms with Gasteiger partial charge in [-0.2, -0.15) is 0 Å². The molecule has 2 fully saturated rings. The molecule has 25 heavy (non-hydrogen) atoms. The monoisotopic (exact) mass is 350 g/mol. The van der Waals surface area contributed by atoms with Gasteiger partial charge in [0.05, 0.1) is 13.7 Å². The van der Waals surface area contributed by atoms with Gasteiger partial charge in [0.15, 0.2) is 11.6 Å². The number of hydrogen-bond donors (Lipinski definition) is 0. The highest BCUT2D eigenvalue weighted by molar-refractivity contribution is 5.94. The average Bonchev–Trinajstić information content (AvgIpc) is 2.92. The first-order valence-corrected chi connectivity index (χ1v) is 8.85. The van der Waals surface area contributed by atoms with Crippen LogP contribution in [0.4, 0.5) is 4.39 Å². The van der Waals surface area contributed by atoms with Gasteiger partial charge in [0.2, 0.25) is 0 Å². The normalized spacial score (nSPS) is 23.2. The Morgan fingerprint density at radius 1 is 1.28 bits per heavy atom. The summed E-state index contributed by atoms with van der Waals surface area (Å²) in [5.74, 6) is -0.448. The Morgan fingerprint density at radius 3 is 2.60 bits per heavy atom. The molecule has 0 saturated carbocycles. The molecule has 0 unspecified atom stereocenters. The molecular formula is C19H27FN2O3. The van der Waals surface area contributed by atoms with Gasteiger partial charge >= 0.3 is 0 Å². The second-order valence-corrected chi connectivity index (χ2v) is 7.12. The molecule has 138 valence electrons. The van der Waals surface area contributed by atoms with Gasteiger partial charge in [0.25, 0.3) is 5.91 Å². The lowest BCUT2D eigenvalue weighted by Crippen LogP contribution is -2.54. The zero-order valence-corrected chi connectivity index (χ0v) is 15.3. The van der Waals surface area contributed by atoms with E-state index in [-0.39, 0.29) is 17.2 Å². The van der Waals surface area contributed by atoms with Gasteiger partial charge in [0, 0.05) is 37.3 Å². The number of nitrogens with zero attached hydrogens (tertiary/aromatic N) is 2. The highest BCUT2D eigenvalue weighted by atomic mass is 19.1. The van der Waals surface area contributed by atoms with Gasteiger partial charge in [-0.3, -0.25) is 9.69 Å². The molecule has 1 spiro atoms. The van der Waals surface area contributed by atoms with Crippen molar-refractivity contribution in [2.45, 2.75) is 37.3 Å². The molecular weight excluding hydrogens is 323 g/mol. The lowest BCUT2D eigenvalue weighted by Gasteiger charge is -2.45. The van der Waals surface area contributed by atoms with E-state index in [0.717, 1.165) is 32.3 Å². The fraction of sp³-hybridized carbons (Fsp3) is 0.632. The van der Waals surface area contributed by atoms with Crippen LogP contribution in [0.15, 0.2) is 18.2 Å². The van der Waals surface area contributed by atoms with Crippen molar-refractivity contribution >= 4 is 5.91 Å². The van der Waals surface area contributed by atoms with Crippen LogP contribution in [-0.4, -0.2) is 68.3 Å². The van der Waals surface area contributed by atoms with E-state index >= 15 is 0 Å². The van der Waals surface area contributed by atoms with Crippen molar-refractivity contribution in [1.82, 2.24) is 9.80 Å². The highest BCUT2D eigenvalue weighted by Crippen LogP contribution is 2.40. The Kier molecular flexibility index (Phi) is 5.29. The summed E-state index contributed by atoms with van der Waals surface area (Å²) >= 11 is 0. The van der Waals surface area contributed by atoms with E-state index in [0.29, 0.717) is 24.7 Å². The summed E-state index contributed by atoms with van der Waals surface area (Å²) < 4.78 is 24.1. The zero-order chi connectivity index (χ0) is 18.0. The topological polar surface area (TPSA) is 42.0 Å². The largest absolute Gasteiger partial charge is 0.494 e. The fourth-order valence-electron chi connectivity index (χ4n) is 4.29. The van der Waals surface area contributed by atoms with Gasteiger partial charge in [0.1, 0.15) is 0 Å². The molecule has 3 rings (SSSR count). The molecule has 1 aromatic rings. The van der Waals surface area contributed by atoms with Crippen molar-refractivity contribution in [3.8, 4) is 5.75 Å². The molecule has 1 aromatic carbocycles. The Bertz CT molecular complexity index is 629. The molecule has 0 bridgehead atoms. The lowest BCUT2D eigenvalue weighted by molar-refractivity contribution is 0.0273. The van der Waals surface area contributed by atoms with E-state index in [1.54, 1.807) is 13.2 Å². The van der Waals surface area contributed by atoms with Crippen molar-refractivity contribution in [3.05, 3.63) is 29.6 Å². The minimum absolute atomic E-state index is 0.106. The van der Waals surface area contributed by atoms with Gasteiger partial charge in [-0.25, -0.2) is 4.39 Å². The predicted octanol–water partition coefficient (Wildman–Crippen LogP) is 2.55. The minimum atomic E-state index is -0.500. The summed E-state index contributed by atoms with van der Waals surface area (Å²) in [6.07, 6.45) is 4.20. The smallest absolute Gasteiger partial charge is 0.253 e. The Labute approximate surface area is 148 Å². The van der Waals surface area contributed by atoms with E-state index in [1.165, 1.54) is 19.2 Å². The number of carbonyl (C=O) groups excluding carboxylic acids is 1. The van der Waals surface area contributed by atoms with Crippen LogP contribution < -0.4 is 4.74 Å². The molecule has 6 heteroatoms. The third kappa shape index (κ3) is 3.37. The Balaban J connectivity index is 1.64. The zero-order valence-electron chi connectivity index (χ0n) is 15.3. The third-order valence-electron chi connectivity index (χ3n) is 5.98. The molecule has 2 heterocycles. The molecule has 2 aliphatic heterocycles. The van der Waals surface area contributed by atoms with Crippen LogP contribution in [0.3, 0.4) is 0 Å². The van der Waals surface area contributed by atoms with Crippen molar-refractivity contribution in [2.24, 2.45) is 0 Å². The molecule has 0 radical (unpaired) electrons. The first-order valence-electron chi connectivity index (χ1n) is 8.85. The van der Waals surface area contributed by atoms with Crippen LogP contribution in [0.25, 0.3) is 0 Å². The quantitative estimate of drug-likeness (QED) is 0.837. The molecule has 0 N–H and O–H groups in total. The summed E-state index contributed by atoms with van der Waals surface area (Å²) in [5.41, 5.74) is 0.553. The molecule has 2 saturated heterocycles. The number of ether oxygens (including phenoxy) is 2. The highest BCUT2D eigenvalue weighted by Gasteiger charge is 2.46. The van der Waals surface area contributed by atoms with Gasteiger partial charge in [-0.05, 0) is 50.9 Å². The van der Waals surface area contributed by atoms with Gasteiger partial charge in [-0.15, -0.1) is 0 Å². The van der Waals surface area contributed by atoms with Crippen LogP contribution in [-0.2, 0) is 4.74 Å². The Morgan fingerprint density at radius 2 is 2.00 bits per heavy atom. The van der Waals surface area contributed by atoms with Gasteiger partial charge < -0.3 is 14.4 Å². The Hall–Kier alpha value is -1.66. The second-order valence-electron chi connectivity index (χ2n) is 7.12. The number of hydrogen-bond acceptors (Lipinski definition) is 4. The van der Waals surface area contributed by atoms with Crippen molar-refractivity contribution < 1.29 is 18.7 Å². The van der Waals surface area contributed by atoms with E-state index in [4.69, 9.17) is 9.47 Å². The third-order valence-corrected chi connectivity index (χ3v) is 5.98. The summed E-state index contributed by atoms with van der Waals surface area (Å²) in [7, 11) is 5.33. The second kappa shape index (κ2) is 7.30. The average molecular weight is 350 g/mol. The van der Waals surface area contributed by atoms with Crippen LogP contribution >= 0.6 is 0 Å². The predicted molar refractivity (Wildman–Crippen MR) is 93.5 cm³/mol. The van der Waals surface area contributed by atoms with Crippen molar-refractivity contribution in [2.75, 3.05) is 41.0 Å². The number of piperidine rings is 1. The maximum atomic E-state index is 13.9. The molecule has 1 amide bonds. The molecule has 5 nitrogen and oxygen atoms in total. The number of likely N-dealkylation sites (tertiary alicyclic amines) is 2. The van der Waals surface area contributed by atoms with E-state index in [9.17, 15) is 9.18 Å². The maximum Gasteiger partial charge on any atom is 0.253 e. The van der Waals surface area contributed by atoms with Gasteiger partial charge in [-0.1, -0.05) is 0 Å². The SMILES string of the molecule is COC[C@@H]1CCC2(CCN(C(=O)c3ccc(OC)c(F)c3)CC2)N1C. The molecule has 1 atom stereocenters. The number of carbonyl (C=O) groups is 1. The van der Waals surface area contributed by atoms with Crippen molar-refractivity contribution in [1.29, 1.82) is 0 Å². The number of methoxy groups -OCH3 is 2. The standard InChI is InChI=1S/C19H27FN2O3/c1-21-15(13-24-2)6-7-19(21)8-10-22(11-9-19)18(23)14-4-5-17(25-3)16(20)12-14/h4-5,12,15H,6-11,13H2,1-3H3/t15-/m0/s1. The first kappa shape index (κ1) is 18.1. The van der Waals surface area contributed by atoms with Crippen LogP contribution in [0, 0.1) is 5.82 Å². The number of amides is 1.